The summed E-state index contributed by atoms with van der Waals surface area (Å²) in [5.41, 5.74) is 0.479. The second-order valence-electron chi connectivity index (χ2n) is 4.90. The predicted octanol–water partition coefficient (Wildman–Crippen LogP) is 3.00. The van der Waals surface area contributed by atoms with E-state index < -0.39 is 35.7 Å². The van der Waals surface area contributed by atoms with Gasteiger partial charge in [0.2, 0.25) is 0 Å². The summed E-state index contributed by atoms with van der Waals surface area (Å²) in [6.45, 7) is 1.24. The van der Waals surface area contributed by atoms with Gasteiger partial charge in [0.15, 0.2) is 6.61 Å². The Hall–Kier alpha value is -2.76. The molecule has 0 aliphatic rings. The summed E-state index contributed by atoms with van der Waals surface area (Å²) in [6.07, 6.45) is 0. The molecule has 6 heteroatoms. The highest BCUT2D eigenvalue weighted by molar-refractivity contribution is 5.91. The van der Waals surface area contributed by atoms with Crippen molar-refractivity contribution in [3.8, 4) is 0 Å². The van der Waals surface area contributed by atoms with Crippen LogP contribution in [-0.2, 0) is 9.53 Å². The third-order valence-electron chi connectivity index (χ3n) is 3.16. The van der Waals surface area contributed by atoms with Gasteiger partial charge in [-0.05, 0) is 24.6 Å². The Kier molecular flexibility index (Phi) is 5.41. The van der Waals surface area contributed by atoms with Gasteiger partial charge in [0, 0.05) is 6.07 Å². The van der Waals surface area contributed by atoms with Crippen molar-refractivity contribution in [3.63, 3.8) is 0 Å². The molecule has 0 radical (unpaired) electrons. The van der Waals surface area contributed by atoms with E-state index in [0.717, 1.165) is 17.7 Å². The first kappa shape index (κ1) is 16.6. The molecule has 2 rings (SSSR count). The van der Waals surface area contributed by atoms with Crippen molar-refractivity contribution in [2.45, 2.75) is 13.0 Å². The zero-order chi connectivity index (χ0) is 16.8. The molecular formula is C17H15F2NO3. The normalized spacial score (nSPS) is 11.6. The highest BCUT2D eigenvalue weighted by Crippen LogP contribution is 2.12. The first-order chi connectivity index (χ1) is 11.0. The van der Waals surface area contributed by atoms with Gasteiger partial charge in [0.1, 0.15) is 11.6 Å². The molecule has 23 heavy (non-hydrogen) atoms. The fourth-order valence-electron chi connectivity index (χ4n) is 1.97. The first-order valence-electron chi connectivity index (χ1n) is 6.94. The van der Waals surface area contributed by atoms with E-state index in [0.29, 0.717) is 6.07 Å². The van der Waals surface area contributed by atoms with E-state index in [9.17, 15) is 18.4 Å². The van der Waals surface area contributed by atoms with Crippen molar-refractivity contribution in [2.75, 3.05) is 6.61 Å². The van der Waals surface area contributed by atoms with E-state index in [1.165, 1.54) is 0 Å². The number of rotatable bonds is 5. The van der Waals surface area contributed by atoms with Crippen LogP contribution >= 0.6 is 0 Å². The van der Waals surface area contributed by atoms with Crippen molar-refractivity contribution in [3.05, 3.63) is 71.3 Å². The molecule has 1 N–H and O–H groups in total. The molecule has 0 fully saturated rings. The summed E-state index contributed by atoms with van der Waals surface area (Å²) in [5, 5.41) is 2.66. The van der Waals surface area contributed by atoms with Crippen LogP contribution in [0.3, 0.4) is 0 Å². The molecule has 0 heterocycles. The van der Waals surface area contributed by atoms with E-state index in [1.54, 1.807) is 6.92 Å². The number of carbonyl (C=O) groups excluding carboxylic acids is 2. The van der Waals surface area contributed by atoms with Gasteiger partial charge in [0.05, 0.1) is 11.6 Å². The fraction of sp³-hybridized carbons (Fsp3) is 0.176. The molecule has 0 aromatic heterocycles. The third kappa shape index (κ3) is 4.60. The van der Waals surface area contributed by atoms with Gasteiger partial charge in [-0.25, -0.2) is 13.6 Å². The predicted molar refractivity (Wildman–Crippen MR) is 79.6 cm³/mol. The molecule has 0 aliphatic carbocycles. The molecular weight excluding hydrogens is 304 g/mol. The Morgan fingerprint density at radius 1 is 1.13 bits per heavy atom. The van der Waals surface area contributed by atoms with E-state index in [4.69, 9.17) is 4.74 Å². The van der Waals surface area contributed by atoms with Gasteiger partial charge in [-0.2, -0.15) is 0 Å². The lowest BCUT2D eigenvalue weighted by Crippen LogP contribution is -2.31. The number of carbonyl (C=O) groups is 2. The molecule has 2 aromatic rings. The summed E-state index contributed by atoms with van der Waals surface area (Å²) < 4.78 is 30.9. The highest BCUT2D eigenvalue weighted by Gasteiger charge is 2.16. The average Bonchev–Trinajstić information content (AvgIpc) is 2.53. The SMILES string of the molecule is C[C@H](NC(=O)COC(=O)c1ccc(F)cc1F)c1ccccc1. The Morgan fingerprint density at radius 3 is 2.48 bits per heavy atom. The second-order valence-corrected chi connectivity index (χ2v) is 4.90. The van der Waals surface area contributed by atoms with Gasteiger partial charge in [-0.1, -0.05) is 30.3 Å². The number of nitrogens with one attached hydrogen (secondary N) is 1. The Labute approximate surface area is 132 Å². The number of ether oxygens (including phenoxy) is 1. The third-order valence-corrected chi connectivity index (χ3v) is 3.16. The first-order valence-corrected chi connectivity index (χ1v) is 6.94. The van der Waals surface area contributed by atoms with Crippen LogP contribution in [0.15, 0.2) is 48.5 Å². The maximum Gasteiger partial charge on any atom is 0.341 e. The van der Waals surface area contributed by atoms with Crippen LogP contribution in [-0.4, -0.2) is 18.5 Å². The van der Waals surface area contributed by atoms with Gasteiger partial charge in [-0.3, -0.25) is 4.79 Å². The fourth-order valence-corrected chi connectivity index (χ4v) is 1.97. The maximum atomic E-state index is 13.4. The van der Waals surface area contributed by atoms with Crippen molar-refractivity contribution < 1.29 is 23.1 Å². The van der Waals surface area contributed by atoms with E-state index in [2.05, 4.69) is 5.32 Å². The van der Waals surface area contributed by atoms with Gasteiger partial charge < -0.3 is 10.1 Å². The minimum atomic E-state index is -1.03. The van der Waals surface area contributed by atoms with E-state index in [-0.39, 0.29) is 6.04 Å². The van der Waals surface area contributed by atoms with Crippen molar-refractivity contribution in [1.82, 2.24) is 5.32 Å². The molecule has 0 aliphatic heterocycles. The highest BCUT2D eigenvalue weighted by atomic mass is 19.1. The van der Waals surface area contributed by atoms with Gasteiger partial charge >= 0.3 is 5.97 Å². The molecule has 0 spiro atoms. The number of halogens is 2. The lowest BCUT2D eigenvalue weighted by molar-refractivity contribution is -0.124. The van der Waals surface area contributed by atoms with Crippen molar-refractivity contribution in [1.29, 1.82) is 0 Å². The second kappa shape index (κ2) is 7.49. The van der Waals surface area contributed by atoms with Crippen molar-refractivity contribution >= 4 is 11.9 Å². The molecule has 0 unspecified atom stereocenters. The largest absolute Gasteiger partial charge is 0.452 e. The molecule has 120 valence electrons. The molecule has 0 bridgehead atoms. The molecule has 0 saturated carbocycles. The number of benzene rings is 2. The van der Waals surface area contributed by atoms with Crippen LogP contribution in [0.4, 0.5) is 8.78 Å². The number of amides is 1. The minimum Gasteiger partial charge on any atom is -0.452 e. The number of hydrogen-bond acceptors (Lipinski definition) is 3. The van der Waals surface area contributed by atoms with Crippen LogP contribution in [0.2, 0.25) is 0 Å². The summed E-state index contributed by atoms with van der Waals surface area (Å²) in [6, 6.07) is 11.5. The molecule has 1 atom stereocenters. The smallest absolute Gasteiger partial charge is 0.341 e. The topological polar surface area (TPSA) is 55.4 Å². The van der Waals surface area contributed by atoms with E-state index >= 15 is 0 Å². The summed E-state index contributed by atoms with van der Waals surface area (Å²) >= 11 is 0. The van der Waals surface area contributed by atoms with Crippen molar-refractivity contribution in [2.24, 2.45) is 0 Å². The summed E-state index contributed by atoms with van der Waals surface area (Å²) in [5.74, 6) is -3.37. The van der Waals surface area contributed by atoms with Gasteiger partial charge in [-0.15, -0.1) is 0 Å². The summed E-state index contributed by atoms with van der Waals surface area (Å²) in [7, 11) is 0. The molecule has 2 aromatic carbocycles. The number of esters is 1. The average molecular weight is 319 g/mol. The van der Waals surface area contributed by atoms with E-state index in [1.807, 2.05) is 30.3 Å². The monoisotopic (exact) mass is 319 g/mol. The van der Waals surface area contributed by atoms with Crippen LogP contribution < -0.4 is 5.32 Å². The van der Waals surface area contributed by atoms with Crippen LogP contribution in [0.25, 0.3) is 0 Å². The minimum absolute atomic E-state index is 0.259. The zero-order valence-corrected chi connectivity index (χ0v) is 12.4. The van der Waals surface area contributed by atoms with Gasteiger partial charge in [0.25, 0.3) is 5.91 Å². The molecule has 0 saturated heterocycles. The summed E-state index contributed by atoms with van der Waals surface area (Å²) in [4.78, 5) is 23.4. The Morgan fingerprint density at radius 2 is 1.83 bits per heavy atom. The maximum absolute atomic E-state index is 13.4. The molecule has 1 amide bonds. The van der Waals surface area contributed by atoms with Crippen LogP contribution in [0.5, 0.6) is 0 Å². The quantitative estimate of drug-likeness (QED) is 0.862. The Bertz CT molecular complexity index is 704. The van der Waals surface area contributed by atoms with Crippen LogP contribution in [0.1, 0.15) is 28.9 Å². The standard InChI is InChI=1S/C17H15F2NO3/c1-11(12-5-3-2-4-6-12)20-16(21)10-23-17(22)14-8-7-13(18)9-15(14)19/h2-9,11H,10H2,1H3,(H,20,21)/t11-/m0/s1. The van der Waals surface area contributed by atoms with Crippen LogP contribution in [0, 0.1) is 11.6 Å². The lowest BCUT2D eigenvalue weighted by Gasteiger charge is -2.14. The number of hydrogen-bond donors (Lipinski definition) is 1. The molecule has 4 nitrogen and oxygen atoms in total. The lowest BCUT2D eigenvalue weighted by atomic mass is 10.1. The zero-order valence-electron chi connectivity index (χ0n) is 12.4. The Balaban J connectivity index is 1.88.